The molecule has 0 saturated heterocycles. The molecule has 0 spiro atoms. The van der Waals surface area contributed by atoms with E-state index in [4.69, 9.17) is 23.4 Å². The molecule has 0 N–H and O–H groups in total. The Morgan fingerprint density at radius 1 is 1.16 bits per heavy atom. The fourth-order valence-corrected chi connectivity index (χ4v) is 4.26. The monoisotopic (exact) mass is 502 g/mol. The van der Waals surface area contributed by atoms with Gasteiger partial charge in [-0.25, -0.2) is 4.79 Å². The Hall–Kier alpha value is -2.84. The third-order valence-corrected chi connectivity index (χ3v) is 5.63. The molecule has 0 atom stereocenters. The van der Waals surface area contributed by atoms with Gasteiger partial charge in [-0.15, -0.1) is 0 Å². The normalized spacial score (nSPS) is 12.8. The highest BCUT2D eigenvalue weighted by atomic mass is 79.9. The van der Waals surface area contributed by atoms with Crippen LogP contribution in [0.5, 0.6) is 11.5 Å². The van der Waals surface area contributed by atoms with Crippen molar-refractivity contribution in [3.8, 4) is 11.5 Å². The van der Waals surface area contributed by atoms with Crippen LogP contribution in [-0.2, 0) is 33.9 Å². The lowest BCUT2D eigenvalue weighted by atomic mass is 10.0. The van der Waals surface area contributed by atoms with Crippen molar-refractivity contribution in [2.24, 2.45) is 0 Å². The van der Waals surface area contributed by atoms with Gasteiger partial charge in [-0.3, -0.25) is 4.79 Å². The number of halogens is 1. The van der Waals surface area contributed by atoms with Gasteiger partial charge in [-0.05, 0) is 49.6 Å². The summed E-state index contributed by atoms with van der Waals surface area (Å²) in [7, 11) is 0. The fourth-order valence-electron chi connectivity index (χ4n) is 3.71. The van der Waals surface area contributed by atoms with E-state index in [-0.39, 0.29) is 25.8 Å². The Morgan fingerprint density at radius 2 is 2.00 bits per heavy atom. The molecule has 0 aliphatic carbocycles. The second-order valence-electron chi connectivity index (χ2n) is 7.46. The van der Waals surface area contributed by atoms with Crippen LogP contribution in [0.25, 0.3) is 11.0 Å². The average Bonchev–Trinajstić information content (AvgIpc) is 2.76. The van der Waals surface area contributed by atoms with Gasteiger partial charge in [-0.2, -0.15) is 0 Å². The highest BCUT2D eigenvalue weighted by molar-refractivity contribution is 9.10. The second-order valence-corrected chi connectivity index (χ2v) is 8.38. The van der Waals surface area contributed by atoms with Crippen molar-refractivity contribution in [2.75, 3.05) is 13.4 Å². The lowest BCUT2D eigenvalue weighted by molar-refractivity contribution is -0.143. The predicted octanol–water partition coefficient (Wildman–Crippen LogP) is 4.81. The van der Waals surface area contributed by atoms with Crippen molar-refractivity contribution in [1.82, 2.24) is 0 Å². The number of hydrogen-bond acceptors (Lipinski definition) is 7. The molecule has 1 aliphatic rings. The van der Waals surface area contributed by atoms with Gasteiger partial charge in [0.1, 0.15) is 23.7 Å². The maximum absolute atomic E-state index is 11.9. The third-order valence-electron chi connectivity index (χ3n) is 5.17. The van der Waals surface area contributed by atoms with Gasteiger partial charge < -0.3 is 23.4 Å². The molecule has 1 aromatic heterocycles. The molecule has 168 valence electrons. The Labute approximate surface area is 193 Å². The Balaban J connectivity index is 1.67. The first-order valence-electron chi connectivity index (χ1n) is 10.3. The Bertz CT molecular complexity index is 1220. The van der Waals surface area contributed by atoms with Crippen LogP contribution in [0.3, 0.4) is 0 Å². The molecule has 8 heteroatoms. The van der Waals surface area contributed by atoms with Crippen LogP contribution in [0.2, 0.25) is 0 Å². The van der Waals surface area contributed by atoms with Gasteiger partial charge in [0.25, 0.3) is 0 Å². The van der Waals surface area contributed by atoms with Crippen molar-refractivity contribution in [3.05, 3.63) is 67.5 Å². The number of fused-ring (bicyclic) bond motifs is 2. The first-order chi connectivity index (χ1) is 15.4. The number of rotatable bonds is 7. The van der Waals surface area contributed by atoms with E-state index in [2.05, 4.69) is 15.9 Å². The van der Waals surface area contributed by atoms with Gasteiger partial charge in [-0.1, -0.05) is 15.9 Å². The molecular weight excluding hydrogens is 480 g/mol. The van der Waals surface area contributed by atoms with E-state index in [1.807, 2.05) is 25.1 Å². The lowest BCUT2D eigenvalue weighted by Gasteiger charge is -2.21. The van der Waals surface area contributed by atoms with E-state index in [0.29, 0.717) is 31.0 Å². The number of aryl methyl sites for hydroxylation is 2. The van der Waals surface area contributed by atoms with Crippen molar-refractivity contribution < 1.29 is 28.2 Å². The maximum atomic E-state index is 11.9. The molecule has 0 radical (unpaired) electrons. The van der Waals surface area contributed by atoms with Crippen LogP contribution in [0.4, 0.5) is 0 Å². The minimum atomic E-state index is -0.422. The largest absolute Gasteiger partial charge is 0.488 e. The van der Waals surface area contributed by atoms with Crippen molar-refractivity contribution >= 4 is 32.9 Å². The van der Waals surface area contributed by atoms with Crippen LogP contribution in [0.1, 0.15) is 35.6 Å². The molecule has 7 nitrogen and oxygen atoms in total. The Morgan fingerprint density at radius 3 is 2.81 bits per heavy atom. The van der Waals surface area contributed by atoms with E-state index in [0.717, 1.165) is 37.9 Å². The summed E-state index contributed by atoms with van der Waals surface area (Å²) in [5, 5.41) is 0.802. The number of benzene rings is 2. The molecule has 0 saturated carbocycles. The van der Waals surface area contributed by atoms with Crippen molar-refractivity contribution in [1.29, 1.82) is 0 Å². The zero-order valence-corrected chi connectivity index (χ0v) is 19.5. The van der Waals surface area contributed by atoms with Crippen LogP contribution in [0, 0.1) is 6.92 Å². The van der Waals surface area contributed by atoms with E-state index in [1.54, 1.807) is 13.0 Å². The Kier molecular flexibility index (Phi) is 6.81. The molecule has 2 aromatic carbocycles. The van der Waals surface area contributed by atoms with E-state index >= 15 is 0 Å². The second kappa shape index (κ2) is 9.75. The molecule has 0 unspecified atom stereocenters. The number of carbonyl (C=O) groups excluding carboxylic acids is 1. The quantitative estimate of drug-likeness (QED) is 0.338. The molecule has 3 aromatic rings. The zero-order valence-electron chi connectivity index (χ0n) is 17.9. The van der Waals surface area contributed by atoms with E-state index in [9.17, 15) is 9.59 Å². The highest BCUT2D eigenvalue weighted by Gasteiger charge is 2.18. The summed E-state index contributed by atoms with van der Waals surface area (Å²) >= 11 is 3.52. The lowest BCUT2D eigenvalue weighted by Crippen LogP contribution is -2.14. The van der Waals surface area contributed by atoms with Gasteiger partial charge in [0.15, 0.2) is 6.79 Å². The van der Waals surface area contributed by atoms with E-state index < -0.39 is 5.63 Å². The smallest absolute Gasteiger partial charge is 0.336 e. The van der Waals surface area contributed by atoms with Gasteiger partial charge in [0.05, 0.1) is 13.2 Å². The summed E-state index contributed by atoms with van der Waals surface area (Å²) in [4.78, 5) is 23.8. The first kappa shape index (κ1) is 22.4. The van der Waals surface area contributed by atoms with Gasteiger partial charge in [0.2, 0.25) is 0 Å². The van der Waals surface area contributed by atoms with Crippen LogP contribution in [0.15, 0.2) is 44.0 Å². The minimum Gasteiger partial charge on any atom is -0.488 e. The predicted molar refractivity (Wildman–Crippen MR) is 121 cm³/mol. The summed E-state index contributed by atoms with van der Waals surface area (Å²) in [5.74, 6) is 1.01. The van der Waals surface area contributed by atoms with Gasteiger partial charge in [0, 0.05) is 39.5 Å². The number of ether oxygens (including phenoxy) is 4. The molecule has 0 amide bonds. The number of esters is 1. The van der Waals surface area contributed by atoms with Crippen molar-refractivity contribution in [2.45, 2.75) is 39.9 Å². The third kappa shape index (κ3) is 4.97. The summed E-state index contributed by atoms with van der Waals surface area (Å²) in [6.07, 6.45) is 0.655. The molecule has 0 bridgehead atoms. The fraction of sp³-hybridized carbons (Fsp3) is 0.333. The maximum Gasteiger partial charge on any atom is 0.336 e. The molecule has 32 heavy (non-hydrogen) atoms. The summed E-state index contributed by atoms with van der Waals surface area (Å²) in [6.45, 7) is 4.85. The van der Waals surface area contributed by atoms with Crippen LogP contribution >= 0.6 is 15.9 Å². The number of hydrogen-bond donors (Lipinski definition) is 0. The topological polar surface area (TPSA) is 84.2 Å². The first-order valence-corrected chi connectivity index (χ1v) is 11.1. The van der Waals surface area contributed by atoms with Gasteiger partial charge >= 0.3 is 11.6 Å². The van der Waals surface area contributed by atoms with Crippen LogP contribution in [-0.4, -0.2) is 19.4 Å². The zero-order chi connectivity index (χ0) is 22.7. The molecule has 4 rings (SSSR count). The van der Waals surface area contributed by atoms with E-state index in [1.165, 1.54) is 6.07 Å². The number of carbonyl (C=O) groups is 1. The SMILES string of the molecule is CCOC(=O)CCc1cc2c(C)cc(=O)oc2cc1OCc1cc(Br)cc2c1OCOC2. The summed E-state index contributed by atoms with van der Waals surface area (Å²) in [5.41, 5.74) is 3.44. The minimum absolute atomic E-state index is 0.187. The molecule has 0 fully saturated rings. The average molecular weight is 503 g/mol. The molecular formula is C24H23BrO7. The molecule has 1 aliphatic heterocycles. The standard InChI is InChI=1S/C24H23BrO7/c1-3-29-22(26)5-4-15-9-19-14(2)6-23(27)32-21(19)10-20(15)30-12-17-8-18(25)7-16-11-28-13-31-24(16)17/h6-10H,3-5,11-13H2,1-2H3. The molecule has 2 heterocycles. The highest BCUT2D eigenvalue weighted by Crippen LogP contribution is 2.34. The summed E-state index contributed by atoms with van der Waals surface area (Å²) < 4.78 is 28.6. The van der Waals surface area contributed by atoms with Crippen molar-refractivity contribution in [3.63, 3.8) is 0 Å². The van der Waals surface area contributed by atoms with Crippen LogP contribution < -0.4 is 15.1 Å². The summed E-state index contributed by atoms with van der Waals surface area (Å²) in [6, 6.07) is 8.96.